The van der Waals surface area contributed by atoms with Gasteiger partial charge in [-0.05, 0) is 36.3 Å². The molecule has 9 heteroatoms. The van der Waals surface area contributed by atoms with Crippen molar-refractivity contribution in [1.29, 1.82) is 0 Å². The van der Waals surface area contributed by atoms with Crippen LogP contribution < -0.4 is 10.6 Å². The summed E-state index contributed by atoms with van der Waals surface area (Å²) in [5, 5.41) is 16.4. The number of carboxylic acid groups (broad SMARTS) is 1. The van der Waals surface area contributed by atoms with Crippen molar-refractivity contribution in [3.63, 3.8) is 0 Å². The van der Waals surface area contributed by atoms with Crippen LogP contribution in [0.15, 0.2) is 30.5 Å². The highest BCUT2D eigenvalue weighted by molar-refractivity contribution is 5.89. The number of aromatic carboxylic acids is 1. The van der Waals surface area contributed by atoms with Gasteiger partial charge in [0.15, 0.2) is 5.69 Å². The number of H-pyrrole nitrogens is 2. The Morgan fingerprint density at radius 1 is 1.11 bits per heavy atom. The molecule has 2 aromatic heterocycles. The van der Waals surface area contributed by atoms with Gasteiger partial charge in [-0.25, -0.2) is 9.78 Å². The number of para-hydroxylation sites is 1. The lowest BCUT2D eigenvalue weighted by atomic mass is 9.91. The summed E-state index contributed by atoms with van der Waals surface area (Å²) in [4.78, 5) is 48.3. The average Bonchev–Trinajstić information content (AvgIpc) is 3.34. The number of nitrogens with one attached hydrogen (secondary N) is 4. The number of aryl methyl sites for hydroxylation is 1. The van der Waals surface area contributed by atoms with Crippen LogP contribution in [0.2, 0.25) is 0 Å². The molecule has 2 heterocycles. The Labute approximate surface area is 211 Å². The van der Waals surface area contributed by atoms with Gasteiger partial charge in [0.2, 0.25) is 11.8 Å². The zero-order valence-corrected chi connectivity index (χ0v) is 21.9. The lowest BCUT2D eigenvalue weighted by Gasteiger charge is -2.25. The monoisotopic (exact) mass is 495 g/mol. The van der Waals surface area contributed by atoms with Crippen molar-refractivity contribution >= 4 is 28.7 Å². The SMILES string of the molecule is Cc1[nH]c([C@@H](Cc2c[nH]c3ccccc23)NC(=O)[C@H](CC(C)C)NC(=O)CC(C)(C)C)nc1C(=O)O. The van der Waals surface area contributed by atoms with Crippen molar-refractivity contribution in [3.8, 4) is 0 Å². The summed E-state index contributed by atoms with van der Waals surface area (Å²) < 4.78 is 0. The highest BCUT2D eigenvalue weighted by Gasteiger charge is 2.29. The smallest absolute Gasteiger partial charge is 0.356 e. The van der Waals surface area contributed by atoms with Crippen LogP contribution in [0, 0.1) is 18.3 Å². The van der Waals surface area contributed by atoms with Gasteiger partial charge in [0.1, 0.15) is 11.9 Å². The number of aromatic nitrogens is 3. The van der Waals surface area contributed by atoms with Crippen LogP contribution in [0.1, 0.15) is 81.1 Å². The van der Waals surface area contributed by atoms with Gasteiger partial charge in [-0.15, -0.1) is 0 Å². The average molecular weight is 496 g/mol. The fourth-order valence-electron chi connectivity index (χ4n) is 4.30. The summed E-state index contributed by atoms with van der Waals surface area (Å²) in [5.41, 5.74) is 2.04. The van der Waals surface area contributed by atoms with Crippen LogP contribution in [0.3, 0.4) is 0 Å². The standard InChI is InChI=1S/C27H37N5O4/c1-15(2)11-21(30-22(33)13-27(4,5)6)25(34)31-20(24-29-16(3)23(32-24)26(35)36)12-17-14-28-19-10-8-7-9-18(17)19/h7-10,14-15,20-21,28H,11-13H2,1-6H3,(H,29,32)(H,30,33)(H,31,34)(H,35,36)/t20-,21+/m1/s1. The maximum atomic E-state index is 13.5. The first kappa shape index (κ1) is 27.0. The van der Waals surface area contributed by atoms with Crippen LogP contribution >= 0.6 is 0 Å². The second-order valence-electron chi connectivity index (χ2n) is 11.0. The minimum Gasteiger partial charge on any atom is -0.476 e. The Bertz CT molecular complexity index is 1230. The predicted molar refractivity (Wildman–Crippen MR) is 139 cm³/mol. The van der Waals surface area contributed by atoms with Gasteiger partial charge < -0.3 is 25.7 Å². The molecule has 1 aromatic carbocycles. The molecule has 3 aromatic rings. The van der Waals surface area contributed by atoms with Gasteiger partial charge in [0, 0.05) is 35.6 Å². The number of carboxylic acids is 1. The van der Waals surface area contributed by atoms with E-state index >= 15 is 0 Å². The lowest BCUT2D eigenvalue weighted by Crippen LogP contribution is -2.49. The normalized spacial score (nSPS) is 13.5. The second kappa shape index (κ2) is 11.0. The van der Waals surface area contributed by atoms with Gasteiger partial charge in [-0.3, -0.25) is 9.59 Å². The molecule has 194 valence electrons. The molecule has 0 aliphatic heterocycles. The van der Waals surface area contributed by atoms with E-state index in [1.165, 1.54) is 0 Å². The van der Waals surface area contributed by atoms with E-state index in [1.54, 1.807) is 6.92 Å². The summed E-state index contributed by atoms with van der Waals surface area (Å²) in [5.74, 6) is -1.13. The van der Waals surface area contributed by atoms with E-state index < -0.39 is 18.1 Å². The molecule has 0 spiro atoms. The van der Waals surface area contributed by atoms with E-state index in [9.17, 15) is 19.5 Å². The molecular formula is C27H37N5O4. The number of imidazole rings is 1. The van der Waals surface area contributed by atoms with Gasteiger partial charge >= 0.3 is 5.97 Å². The first-order chi connectivity index (χ1) is 16.8. The fourth-order valence-corrected chi connectivity index (χ4v) is 4.30. The van der Waals surface area contributed by atoms with Crippen LogP contribution in [-0.4, -0.2) is 43.9 Å². The van der Waals surface area contributed by atoms with E-state index in [4.69, 9.17) is 0 Å². The number of carbonyl (C=O) groups excluding carboxylic acids is 2. The molecule has 0 unspecified atom stereocenters. The second-order valence-corrected chi connectivity index (χ2v) is 11.0. The Balaban J connectivity index is 1.91. The third-order valence-electron chi connectivity index (χ3n) is 5.90. The highest BCUT2D eigenvalue weighted by Crippen LogP contribution is 2.25. The summed E-state index contributed by atoms with van der Waals surface area (Å²) in [6.07, 6.45) is 3.03. The molecule has 0 radical (unpaired) electrons. The molecular weight excluding hydrogens is 458 g/mol. The van der Waals surface area contributed by atoms with Crippen molar-refractivity contribution in [2.24, 2.45) is 11.3 Å². The van der Waals surface area contributed by atoms with Crippen molar-refractivity contribution < 1.29 is 19.5 Å². The van der Waals surface area contributed by atoms with Crippen LogP contribution in [0.5, 0.6) is 0 Å². The molecule has 0 fully saturated rings. The maximum Gasteiger partial charge on any atom is 0.356 e. The number of hydrogen-bond donors (Lipinski definition) is 5. The van der Waals surface area contributed by atoms with E-state index in [-0.39, 0.29) is 28.8 Å². The molecule has 0 aliphatic carbocycles. The molecule has 36 heavy (non-hydrogen) atoms. The van der Waals surface area contributed by atoms with E-state index in [2.05, 4.69) is 25.6 Å². The number of fused-ring (bicyclic) bond motifs is 1. The molecule has 0 bridgehead atoms. The van der Waals surface area contributed by atoms with Gasteiger partial charge in [-0.1, -0.05) is 52.8 Å². The summed E-state index contributed by atoms with van der Waals surface area (Å²) in [7, 11) is 0. The van der Waals surface area contributed by atoms with Crippen molar-refractivity contribution in [2.45, 2.75) is 72.9 Å². The first-order valence-corrected chi connectivity index (χ1v) is 12.3. The number of nitrogens with zero attached hydrogens (tertiary/aromatic N) is 1. The Morgan fingerprint density at radius 3 is 2.42 bits per heavy atom. The molecule has 3 rings (SSSR count). The minimum absolute atomic E-state index is 0.0830. The number of rotatable bonds is 10. The van der Waals surface area contributed by atoms with Gasteiger partial charge in [0.25, 0.3) is 0 Å². The van der Waals surface area contributed by atoms with Crippen LogP contribution in [0.25, 0.3) is 10.9 Å². The largest absolute Gasteiger partial charge is 0.476 e. The number of aromatic amines is 2. The molecule has 5 N–H and O–H groups in total. The van der Waals surface area contributed by atoms with Crippen LogP contribution in [-0.2, 0) is 16.0 Å². The lowest BCUT2D eigenvalue weighted by molar-refractivity contribution is -0.130. The third kappa shape index (κ3) is 6.96. The molecule has 0 saturated heterocycles. The van der Waals surface area contributed by atoms with Crippen molar-refractivity contribution in [3.05, 3.63) is 53.2 Å². The molecule has 0 aliphatic rings. The fraction of sp³-hybridized carbons (Fsp3) is 0.481. The molecule has 0 saturated carbocycles. The minimum atomic E-state index is -1.14. The number of carbonyl (C=O) groups is 3. The Hall–Kier alpha value is -3.62. The van der Waals surface area contributed by atoms with Gasteiger partial charge in [-0.2, -0.15) is 0 Å². The first-order valence-electron chi connectivity index (χ1n) is 12.3. The van der Waals surface area contributed by atoms with E-state index in [0.717, 1.165) is 16.5 Å². The Kier molecular flexibility index (Phi) is 8.22. The maximum absolute atomic E-state index is 13.5. The number of hydrogen-bond acceptors (Lipinski definition) is 4. The quantitative estimate of drug-likeness (QED) is 0.286. The summed E-state index contributed by atoms with van der Waals surface area (Å²) in [6.45, 7) is 11.5. The van der Waals surface area contributed by atoms with E-state index in [1.807, 2.05) is 65.1 Å². The Morgan fingerprint density at radius 2 is 1.81 bits per heavy atom. The highest BCUT2D eigenvalue weighted by atomic mass is 16.4. The zero-order valence-electron chi connectivity index (χ0n) is 21.9. The van der Waals surface area contributed by atoms with Gasteiger partial charge in [0.05, 0.1) is 6.04 Å². The van der Waals surface area contributed by atoms with Crippen molar-refractivity contribution in [2.75, 3.05) is 0 Å². The van der Waals surface area contributed by atoms with Crippen molar-refractivity contribution in [1.82, 2.24) is 25.6 Å². The number of amides is 2. The summed E-state index contributed by atoms with van der Waals surface area (Å²) in [6, 6.07) is 6.49. The number of benzene rings is 1. The van der Waals surface area contributed by atoms with E-state index in [0.29, 0.717) is 30.8 Å². The molecule has 2 atom stereocenters. The van der Waals surface area contributed by atoms with Crippen LogP contribution in [0.4, 0.5) is 0 Å². The zero-order chi connectivity index (χ0) is 26.6. The topological polar surface area (TPSA) is 140 Å². The summed E-state index contributed by atoms with van der Waals surface area (Å²) >= 11 is 0. The molecule has 2 amide bonds. The predicted octanol–water partition coefficient (Wildman–Crippen LogP) is 4.26. The molecule has 9 nitrogen and oxygen atoms in total. The third-order valence-corrected chi connectivity index (χ3v) is 5.90.